The second-order valence-corrected chi connectivity index (χ2v) is 7.88. The maximum Gasteiger partial charge on any atom is 0.345 e. The molecule has 3 nitrogen and oxygen atoms in total. The molecule has 1 aliphatic carbocycles. The van der Waals surface area contributed by atoms with E-state index in [1.54, 1.807) is 0 Å². The fourth-order valence-electron chi connectivity index (χ4n) is 3.46. The third-order valence-electron chi connectivity index (χ3n) is 4.75. The largest absolute Gasteiger partial charge is 0.345 e. The van der Waals surface area contributed by atoms with Crippen molar-refractivity contribution in [3.8, 4) is 0 Å². The Morgan fingerprint density at radius 3 is 2.11 bits per heavy atom. The van der Waals surface area contributed by atoms with Crippen LogP contribution in [0.1, 0.15) is 73.1 Å². The van der Waals surface area contributed by atoms with Crippen LogP contribution >= 0.6 is 0 Å². The first-order valence-electron chi connectivity index (χ1n) is 7.54. The van der Waals surface area contributed by atoms with Crippen LogP contribution in [0.25, 0.3) is 0 Å². The molecule has 1 atom stereocenters. The van der Waals surface area contributed by atoms with E-state index in [2.05, 4.69) is 39.5 Å². The van der Waals surface area contributed by atoms with Crippen molar-refractivity contribution in [1.82, 2.24) is 0 Å². The molecule has 112 valence electrons. The fourth-order valence-corrected chi connectivity index (χ4v) is 3.46. The number of hydrogen-bond acceptors (Lipinski definition) is 3. The van der Waals surface area contributed by atoms with Crippen LogP contribution in [0.3, 0.4) is 0 Å². The summed E-state index contributed by atoms with van der Waals surface area (Å²) in [6, 6.07) is 0. The van der Waals surface area contributed by atoms with Crippen LogP contribution in [0.15, 0.2) is 0 Å². The first-order chi connectivity index (χ1) is 8.68. The van der Waals surface area contributed by atoms with E-state index in [4.69, 9.17) is 5.26 Å². The minimum Gasteiger partial charge on any atom is -0.301 e. The lowest BCUT2D eigenvalue weighted by molar-refractivity contribution is -0.244. The summed E-state index contributed by atoms with van der Waals surface area (Å²) >= 11 is 0. The molecule has 0 radical (unpaired) electrons. The highest BCUT2D eigenvalue weighted by Gasteiger charge is 2.44. The van der Waals surface area contributed by atoms with Crippen LogP contribution < -0.4 is 0 Å². The molecule has 0 aliphatic heterocycles. The summed E-state index contributed by atoms with van der Waals surface area (Å²) in [5.74, 6) is -0.154. The second kappa shape index (κ2) is 6.25. The Morgan fingerprint density at radius 1 is 1.16 bits per heavy atom. The molecule has 0 heterocycles. The topological polar surface area (TPSA) is 46.5 Å². The Labute approximate surface area is 117 Å². The average Bonchev–Trinajstić information content (AvgIpc) is 2.35. The van der Waals surface area contributed by atoms with Crippen LogP contribution in [-0.2, 0) is 9.68 Å². The van der Waals surface area contributed by atoms with Gasteiger partial charge in [-0.25, -0.2) is 4.79 Å². The van der Waals surface area contributed by atoms with E-state index in [-0.39, 0.29) is 16.7 Å². The van der Waals surface area contributed by atoms with Gasteiger partial charge in [0, 0.05) is 0 Å². The third kappa shape index (κ3) is 4.48. The zero-order valence-corrected chi connectivity index (χ0v) is 13.2. The second-order valence-electron chi connectivity index (χ2n) is 7.88. The van der Waals surface area contributed by atoms with Crippen molar-refractivity contribution in [3.05, 3.63) is 0 Å². The maximum atomic E-state index is 12.0. The molecule has 1 aliphatic rings. The first kappa shape index (κ1) is 16.5. The molecule has 0 aromatic carbocycles. The summed E-state index contributed by atoms with van der Waals surface area (Å²) in [4.78, 5) is 16.1. The van der Waals surface area contributed by atoms with Crippen LogP contribution in [0, 0.1) is 22.7 Å². The van der Waals surface area contributed by atoms with Crippen molar-refractivity contribution in [2.75, 3.05) is 0 Å². The van der Waals surface area contributed by atoms with Crippen LogP contribution in [0.2, 0.25) is 0 Å². The van der Waals surface area contributed by atoms with E-state index in [0.717, 1.165) is 6.42 Å². The molecule has 0 aromatic heterocycles. The van der Waals surface area contributed by atoms with Gasteiger partial charge in [0.25, 0.3) is 0 Å². The van der Waals surface area contributed by atoms with Gasteiger partial charge in [0.1, 0.15) is 0 Å². The molecular weight excluding hydrogens is 240 g/mol. The van der Waals surface area contributed by atoms with Gasteiger partial charge in [0.05, 0.1) is 5.92 Å². The van der Waals surface area contributed by atoms with Gasteiger partial charge in [0.15, 0.2) is 0 Å². The van der Waals surface area contributed by atoms with E-state index in [1.165, 1.54) is 32.1 Å². The molecule has 0 aromatic rings. The predicted molar refractivity (Wildman–Crippen MR) is 76.6 cm³/mol. The Kier molecular flexibility index (Phi) is 5.43. The van der Waals surface area contributed by atoms with Crippen molar-refractivity contribution < 1.29 is 14.9 Å². The van der Waals surface area contributed by atoms with E-state index in [0.29, 0.717) is 5.92 Å². The molecule has 1 saturated carbocycles. The normalized spacial score (nSPS) is 20.1. The SMILES string of the molecule is CC(C)(C)CC(C(=O)OO)C(C)(C)C1CCCCC1. The summed E-state index contributed by atoms with van der Waals surface area (Å²) in [7, 11) is 0. The van der Waals surface area contributed by atoms with Crippen molar-refractivity contribution in [2.24, 2.45) is 22.7 Å². The summed E-state index contributed by atoms with van der Waals surface area (Å²) in [6.07, 6.45) is 6.94. The molecule has 0 saturated heterocycles. The number of rotatable bonds is 4. The Bertz CT molecular complexity index is 296. The third-order valence-corrected chi connectivity index (χ3v) is 4.75. The maximum absolute atomic E-state index is 12.0. The highest BCUT2D eigenvalue weighted by molar-refractivity contribution is 5.72. The van der Waals surface area contributed by atoms with Crippen molar-refractivity contribution >= 4 is 5.97 Å². The van der Waals surface area contributed by atoms with E-state index < -0.39 is 5.97 Å². The van der Waals surface area contributed by atoms with Gasteiger partial charge in [-0.3, -0.25) is 0 Å². The average molecular weight is 270 g/mol. The summed E-state index contributed by atoms with van der Waals surface area (Å²) in [6.45, 7) is 10.7. The minimum absolute atomic E-state index is 0.0464. The minimum atomic E-state index is -0.467. The Hall–Kier alpha value is -0.570. The van der Waals surface area contributed by atoms with Gasteiger partial charge in [-0.1, -0.05) is 53.9 Å². The molecule has 19 heavy (non-hydrogen) atoms. The predicted octanol–water partition coefficient (Wildman–Crippen LogP) is 4.66. The highest BCUT2D eigenvalue weighted by Crippen LogP contribution is 2.47. The van der Waals surface area contributed by atoms with Crippen LogP contribution in [-0.4, -0.2) is 11.2 Å². The van der Waals surface area contributed by atoms with E-state index in [1.807, 2.05) is 0 Å². The molecule has 0 spiro atoms. The summed E-state index contributed by atoms with van der Waals surface area (Å²) in [5.41, 5.74) is -0.0711. The molecular formula is C16H30O3. The Balaban J connectivity index is 2.90. The van der Waals surface area contributed by atoms with Gasteiger partial charge in [-0.15, -0.1) is 0 Å². The lowest BCUT2D eigenvalue weighted by atomic mass is 9.61. The zero-order chi connectivity index (χ0) is 14.7. The molecule has 1 rings (SSSR count). The number of carbonyl (C=O) groups excluding carboxylic acids is 1. The molecule has 3 heteroatoms. The highest BCUT2D eigenvalue weighted by atomic mass is 17.1. The monoisotopic (exact) mass is 270 g/mol. The van der Waals surface area contributed by atoms with Crippen molar-refractivity contribution in [3.63, 3.8) is 0 Å². The zero-order valence-electron chi connectivity index (χ0n) is 13.2. The van der Waals surface area contributed by atoms with Gasteiger partial charge < -0.3 is 4.89 Å². The summed E-state index contributed by atoms with van der Waals surface area (Å²) in [5, 5.41) is 8.81. The van der Waals surface area contributed by atoms with Crippen LogP contribution in [0.4, 0.5) is 0 Å². The van der Waals surface area contributed by atoms with Crippen molar-refractivity contribution in [1.29, 1.82) is 0 Å². The quantitative estimate of drug-likeness (QED) is 0.597. The van der Waals surface area contributed by atoms with E-state index >= 15 is 0 Å². The lowest BCUT2D eigenvalue weighted by Gasteiger charge is -2.43. The van der Waals surface area contributed by atoms with Crippen LogP contribution in [0.5, 0.6) is 0 Å². The van der Waals surface area contributed by atoms with Gasteiger partial charge in [-0.05, 0) is 36.0 Å². The van der Waals surface area contributed by atoms with Gasteiger partial charge in [0.2, 0.25) is 0 Å². The number of carbonyl (C=O) groups is 1. The molecule has 0 amide bonds. The summed E-state index contributed by atoms with van der Waals surface area (Å²) < 4.78 is 0. The lowest BCUT2D eigenvalue weighted by Crippen LogP contribution is -2.41. The van der Waals surface area contributed by atoms with Crippen molar-refractivity contribution in [2.45, 2.75) is 73.1 Å². The van der Waals surface area contributed by atoms with Gasteiger partial charge >= 0.3 is 5.97 Å². The molecule has 0 bridgehead atoms. The van der Waals surface area contributed by atoms with E-state index in [9.17, 15) is 4.79 Å². The standard InChI is InChI=1S/C16H30O3/c1-15(2,3)11-13(14(17)19-18)16(4,5)12-9-7-6-8-10-12/h12-13,18H,6-11H2,1-5H3. The van der Waals surface area contributed by atoms with Gasteiger partial charge in [-0.2, -0.15) is 5.26 Å². The fraction of sp³-hybridized carbons (Fsp3) is 0.938. The molecule has 1 fully saturated rings. The molecule has 1 N–H and O–H groups in total. The number of hydrogen-bond donors (Lipinski definition) is 1. The molecule has 1 unspecified atom stereocenters. The first-order valence-corrected chi connectivity index (χ1v) is 7.54. The Morgan fingerprint density at radius 2 is 1.68 bits per heavy atom. The smallest absolute Gasteiger partial charge is 0.301 e.